The van der Waals surface area contributed by atoms with E-state index in [2.05, 4.69) is 9.97 Å². The van der Waals surface area contributed by atoms with Gasteiger partial charge in [0.2, 0.25) is 0 Å². The minimum Gasteiger partial charge on any atom is -0.490 e. The lowest BCUT2D eigenvalue weighted by Gasteiger charge is -2.11. The van der Waals surface area contributed by atoms with Crippen molar-refractivity contribution in [2.45, 2.75) is 20.8 Å². The Hall–Kier alpha value is -2.45. The van der Waals surface area contributed by atoms with Gasteiger partial charge in [0.05, 0.1) is 19.8 Å². The van der Waals surface area contributed by atoms with Gasteiger partial charge in [-0.25, -0.2) is 14.8 Å². The highest BCUT2D eigenvalue weighted by Crippen LogP contribution is 2.36. The summed E-state index contributed by atoms with van der Waals surface area (Å²) in [6, 6.07) is 5.79. The summed E-state index contributed by atoms with van der Waals surface area (Å²) >= 11 is 2.89. The molecule has 2 heterocycles. The number of nitrogens with zero attached hydrogens (tertiary/aromatic N) is 2. The van der Waals surface area contributed by atoms with Crippen LogP contribution in [0.1, 0.15) is 31.3 Å². The summed E-state index contributed by atoms with van der Waals surface area (Å²) in [7, 11) is 0. The molecule has 0 unspecified atom stereocenters. The van der Waals surface area contributed by atoms with Crippen LogP contribution < -0.4 is 9.47 Å². The fourth-order valence-electron chi connectivity index (χ4n) is 2.38. The van der Waals surface area contributed by atoms with E-state index in [9.17, 15) is 4.79 Å². The maximum atomic E-state index is 11.8. The van der Waals surface area contributed by atoms with Gasteiger partial charge in [-0.3, -0.25) is 0 Å². The molecule has 27 heavy (non-hydrogen) atoms. The van der Waals surface area contributed by atoms with Crippen LogP contribution in [0, 0.1) is 0 Å². The second-order valence-corrected chi connectivity index (χ2v) is 7.04. The van der Waals surface area contributed by atoms with Gasteiger partial charge in [-0.05, 0) is 39.0 Å². The summed E-state index contributed by atoms with van der Waals surface area (Å²) in [6.07, 6.45) is 0. The van der Waals surface area contributed by atoms with Crippen LogP contribution in [-0.4, -0.2) is 35.8 Å². The molecule has 1 aromatic carbocycles. The molecule has 0 bridgehead atoms. The van der Waals surface area contributed by atoms with Crippen molar-refractivity contribution in [3.8, 4) is 32.8 Å². The van der Waals surface area contributed by atoms with E-state index in [0.29, 0.717) is 36.3 Å². The highest BCUT2D eigenvalue weighted by Gasteiger charge is 2.16. The molecule has 142 valence electrons. The normalized spacial score (nSPS) is 10.6. The van der Waals surface area contributed by atoms with E-state index < -0.39 is 5.97 Å². The van der Waals surface area contributed by atoms with Crippen LogP contribution in [0.25, 0.3) is 21.3 Å². The van der Waals surface area contributed by atoms with E-state index in [1.54, 1.807) is 12.3 Å². The predicted molar refractivity (Wildman–Crippen MR) is 107 cm³/mol. The molecule has 2 aromatic heterocycles. The molecule has 8 heteroatoms. The zero-order valence-electron chi connectivity index (χ0n) is 15.4. The van der Waals surface area contributed by atoms with Crippen molar-refractivity contribution >= 4 is 28.6 Å². The van der Waals surface area contributed by atoms with Gasteiger partial charge in [0.25, 0.3) is 0 Å². The molecule has 0 N–H and O–H groups in total. The van der Waals surface area contributed by atoms with Crippen LogP contribution in [0.4, 0.5) is 0 Å². The van der Waals surface area contributed by atoms with Crippen molar-refractivity contribution in [3.63, 3.8) is 0 Å². The van der Waals surface area contributed by atoms with E-state index in [0.717, 1.165) is 22.0 Å². The topological polar surface area (TPSA) is 70.5 Å². The fraction of sp³-hybridized carbons (Fsp3) is 0.316. The summed E-state index contributed by atoms with van der Waals surface area (Å²) < 4.78 is 16.3. The van der Waals surface area contributed by atoms with Crippen molar-refractivity contribution in [1.29, 1.82) is 0 Å². The number of benzene rings is 1. The number of thiazole rings is 2. The third-order valence-electron chi connectivity index (χ3n) is 3.50. The van der Waals surface area contributed by atoms with Crippen molar-refractivity contribution in [3.05, 3.63) is 34.7 Å². The monoisotopic (exact) mass is 404 g/mol. The van der Waals surface area contributed by atoms with Crippen LogP contribution in [-0.2, 0) is 4.74 Å². The zero-order valence-corrected chi connectivity index (χ0v) is 17.0. The van der Waals surface area contributed by atoms with E-state index in [1.165, 1.54) is 22.7 Å². The Labute approximate surface area is 165 Å². The first-order valence-electron chi connectivity index (χ1n) is 8.64. The lowest BCUT2D eigenvalue weighted by atomic mass is 10.2. The van der Waals surface area contributed by atoms with Crippen LogP contribution >= 0.6 is 22.7 Å². The Balaban J connectivity index is 1.85. The van der Waals surface area contributed by atoms with Crippen molar-refractivity contribution in [2.24, 2.45) is 0 Å². The minimum absolute atomic E-state index is 0.311. The summed E-state index contributed by atoms with van der Waals surface area (Å²) in [5.74, 6) is 1.01. The highest BCUT2D eigenvalue weighted by atomic mass is 32.1. The molecule has 0 aliphatic rings. The molecule has 0 radical (unpaired) electrons. The fourth-order valence-corrected chi connectivity index (χ4v) is 4.00. The first-order valence-corrected chi connectivity index (χ1v) is 10.4. The third-order valence-corrected chi connectivity index (χ3v) is 5.26. The molecular weight excluding hydrogens is 384 g/mol. The number of esters is 1. The van der Waals surface area contributed by atoms with E-state index in [-0.39, 0.29) is 0 Å². The summed E-state index contributed by atoms with van der Waals surface area (Å²) in [5, 5.41) is 5.16. The Morgan fingerprint density at radius 1 is 0.926 bits per heavy atom. The molecule has 0 aliphatic carbocycles. The number of aromatic nitrogens is 2. The van der Waals surface area contributed by atoms with Gasteiger partial charge in [-0.1, -0.05) is 0 Å². The lowest BCUT2D eigenvalue weighted by Crippen LogP contribution is -2.04. The Morgan fingerprint density at radius 2 is 1.67 bits per heavy atom. The third kappa shape index (κ3) is 4.45. The number of ether oxygens (including phenoxy) is 3. The summed E-state index contributed by atoms with van der Waals surface area (Å²) in [5.41, 5.74) is 1.99. The molecule has 0 atom stereocenters. The van der Waals surface area contributed by atoms with Crippen LogP contribution in [0.3, 0.4) is 0 Å². The largest absolute Gasteiger partial charge is 0.490 e. The van der Waals surface area contributed by atoms with Crippen LogP contribution in [0.2, 0.25) is 0 Å². The molecule has 6 nitrogen and oxygen atoms in total. The Bertz CT molecular complexity index is 920. The Morgan fingerprint density at radius 3 is 2.41 bits per heavy atom. The van der Waals surface area contributed by atoms with Crippen molar-refractivity contribution in [2.75, 3.05) is 19.8 Å². The number of rotatable bonds is 8. The molecule has 0 aliphatic heterocycles. The number of hydrogen-bond donors (Lipinski definition) is 0. The van der Waals surface area contributed by atoms with Crippen molar-refractivity contribution < 1.29 is 19.0 Å². The van der Waals surface area contributed by atoms with Gasteiger partial charge in [0, 0.05) is 16.3 Å². The van der Waals surface area contributed by atoms with Gasteiger partial charge in [-0.15, -0.1) is 22.7 Å². The number of hydrogen-bond acceptors (Lipinski definition) is 8. The maximum Gasteiger partial charge on any atom is 0.357 e. The molecule has 0 saturated carbocycles. The lowest BCUT2D eigenvalue weighted by molar-refractivity contribution is 0.0520. The SMILES string of the molecule is CCOC(=O)c1csc(-c2csc(-c3ccc(OCC)c(OCC)c3)n2)n1. The molecule has 3 aromatic rings. The van der Waals surface area contributed by atoms with Gasteiger partial charge in [-0.2, -0.15) is 0 Å². The van der Waals surface area contributed by atoms with Crippen LogP contribution in [0.5, 0.6) is 11.5 Å². The van der Waals surface area contributed by atoms with E-state index in [1.807, 2.05) is 37.4 Å². The van der Waals surface area contributed by atoms with Gasteiger partial charge >= 0.3 is 5.97 Å². The molecular formula is C19H20N2O4S2. The quantitative estimate of drug-likeness (QED) is 0.497. The van der Waals surface area contributed by atoms with Gasteiger partial charge < -0.3 is 14.2 Å². The maximum absolute atomic E-state index is 11.8. The average Bonchev–Trinajstić information content (AvgIpc) is 3.33. The van der Waals surface area contributed by atoms with E-state index >= 15 is 0 Å². The first kappa shape index (κ1) is 19.3. The molecule has 0 saturated heterocycles. The predicted octanol–water partition coefficient (Wildman–Crippen LogP) is 4.91. The zero-order chi connectivity index (χ0) is 19.2. The number of carbonyl (C=O) groups is 1. The average molecular weight is 405 g/mol. The van der Waals surface area contributed by atoms with Gasteiger partial charge in [0.1, 0.15) is 15.7 Å². The second kappa shape index (κ2) is 8.96. The van der Waals surface area contributed by atoms with Gasteiger partial charge in [0.15, 0.2) is 17.2 Å². The Kier molecular flexibility index (Phi) is 6.41. The number of carbonyl (C=O) groups excluding carboxylic acids is 1. The molecule has 0 fully saturated rings. The van der Waals surface area contributed by atoms with E-state index in [4.69, 9.17) is 14.2 Å². The highest BCUT2D eigenvalue weighted by molar-refractivity contribution is 7.15. The molecule has 3 rings (SSSR count). The van der Waals surface area contributed by atoms with Crippen molar-refractivity contribution in [1.82, 2.24) is 9.97 Å². The smallest absolute Gasteiger partial charge is 0.357 e. The summed E-state index contributed by atoms with van der Waals surface area (Å²) in [4.78, 5) is 20.8. The molecule has 0 spiro atoms. The molecule has 0 amide bonds. The first-order chi connectivity index (χ1) is 13.2. The van der Waals surface area contributed by atoms with Crippen LogP contribution in [0.15, 0.2) is 29.0 Å². The minimum atomic E-state index is -0.414. The summed E-state index contributed by atoms with van der Waals surface area (Å²) in [6.45, 7) is 7.11. The second-order valence-electron chi connectivity index (χ2n) is 5.32. The standard InChI is InChI=1S/C19H20N2O4S2/c1-4-23-15-8-7-12(9-16(15)24-5-2)17-20-13(10-26-17)18-21-14(11-27-18)19(22)25-6-3/h7-11H,4-6H2,1-3H3.